The monoisotopic (exact) mass is 470 g/mol. The third-order valence-electron chi connectivity index (χ3n) is 5.29. The van der Waals surface area contributed by atoms with E-state index in [4.69, 9.17) is 19.7 Å². The molecular weight excluding hydrogens is 439 g/mol. The summed E-state index contributed by atoms with van der Waals surface area (Å²) in [6, 6.07) is 12.4. The second kappa shape index (κ2) is 11.3. The van der Waals surface area contributed by atoms with Gasteiger partial charge < -0.3 is 19.1 Å². The molecule has 8 nitrogen and oxygen atoms in total. The van der Waals surface area contributed by atoms with Gasteiger partial charge in [0.15, 0.2) is 0 Å². The summed E-state index contributed by atoms with van der Waals surface area (Å²) in [6.07, 6.45) is -1.71. The normalized spacial score (nSPS) is 17.1. The van der Waals surface area contributed by atoms with Crippen molar-refractivity contribution in [3.63, 3.8) is 0 Å². The second-order valence-corrected chi connectivity index (χ2v) is 9.16. The lowest BCUT2D eigenvalue weighted by Gasteiger charge is -2.38. The first-order valence-corrected chi connectivity index (χ1v) is 11.3. The smallest absolute Gasteiger partial charge is 0.410 e. The fraction of sp³-hybridized carbons (Fsp3) is 0.480. The molecule has 2 aromatic carbocycles. The van der Waals surface area contributed by atoms with E-state index in [0.717, 1.165) is 11.1 Å². The summed E-state index contributed by atoms with van der Waals surface area (Å²) in [6.45, 7) is 8.49. The van der Waals surface area contributed by atoms with Crippen LogP contribution in [0.2, 0.25) is 0 Å². The predicted molar refractivity (Wildman–Crippen MR) is 127 cm³/mol. The molecule has 2 unspecified atom stereocenters. The maximum atomic E-state index is 15.2. The number of nitrogens with zero attached hydrogens (tertiary/aromatic N) is 4. The average Bonchev–Trinajstić information content (AvgIpc) is 2.78. The zero-order valence-corrected chi connectivity index (χ0v) is 20.0. The van der Waals surface area contributed by atoms with Crippen LogP contribution in [0.15, 0.2) is 47.6 Å². The zero-order valence-electron chi connectivity index (χ0n) is 20.0. The molecule has 1 fully saturated rings. The molecule has 0 saturated carbocycles. The van der Waals surface area contributed by atoms with E-state index in [1.807, 2.05) is 52.0 Å². The molecule has 0 bridgehead atoms. The molecule has 1 amide bonds. The molecule has 1 heterocycles. The van der Waals surface area contributed by atoms with Crippen LogP contribution in [0.3, 0.4) is 0 Å². The molecule has 34 heavy (non-hydrogen) atoms. The molecule has 3 rings (SSSR count). The summed E-state index contributed by atoms with van der Waals surface area (Å²) in [4.78, 5) is 17.0. The lowest BCUT2D eigenvalue weighted by atomic mass is 9.92. The minimum absolute atomic E-state index is 0.116. The van der Waals surface area contributed by atoms with Crippen molar-refractivity contribution < 1.29 is 23.4 Å². The van der Waals surface area contributed by atoms with Gasteiger partial charge in [-0.2, -0.15) is 0 Å². The third kappa shape index (κ3) is 6.70. The molecule has 182 valence electrons. The van der Waals surface area contributed by atoms with Crippen LogP contribution in [0.25, 0.3) is 21.6 Å². The zero-order chi connectivity index (χ0) is 24.7. The van der Waals surface area contributed by atoms with Crippen molar-refractivity contribution in [3.8, 4) is 11.1 Å². The fourth-order valence-corrected chi connectivity index (χ4v) is 3.90. The molecule has 1 aliphatic rings. The van der Waals surface area contributed by atoms with Crippen molar-refractivity contribution in [1.29, 1.82) is 0 Å². The van der Waals surface area contributed by atoms with E-state index in [1.54, 1.807) is 17.0 Å². The summed E-state index contributed by atoms with van der Waals surface area (Å²) in [5, 5.41) is 3.53. The maximum absolute atomic E-state index is 15.2. The van der Waals surface area contributed by atoms with E-state index >= 15 is 4.39 Å². The Morgan fingerprint density at radius 1 is 1.32 bits per heavy atom. The number of morpholine rings is 1. The summed E-state index contributed by atoms with van der Waals surface area (Å²) < 4.78 is 32.8. The highest BCUT2D eigenvalue weighted by molar-refractivity contribution is 5.70. The fourth-order valence-electron chi connectivity index (χ4n) is 3.90. The Labute approximate surface area is 199 Å². The number of hydrogen-bond donors (Lipinski definition) is 0. The van der Waals surface area contributed by atoms with Gasteiger partial charge in [0, 0.05) is 23.6 Å². The average molecular weight is 471 g/mol. The van der Waals surface area contributed by atoms with Crippen molar-refractivity contribution >= 4 is 6.09 Å². The Morgan fingerprint density at radius 2 is 2.09 bits per heavy atom. The first-order valence-electron chi connectivity index (χ1n) is 11.3. The Bertz CT molecular complexity index is 1050. The van der Waals surface area contributed by atoms with Crippen molar-refractivity contribution in [3.05, 3.63) is 69.9 Å². The summed E-state index contributed by atoms with van der Waals surface area (Å²) in [7, 11) is 0. The van der Waals surface area contributed by atoms with Gasteiger partial charge >= 0.3 is 6.09 Å². The van der Waals surface area contributed by atoms with Gasteiger partial charge in [0.25, 0.3) is 0 Å². The van der Waals surface area contributed by atoms with E-state index in [1.165, 1.54) is 6.07 Å². The maximum Gasteiger partial charge on any atom is 0.410 e. The van der Waals surface area contributed by atoms with Gasteiger partial charge in [-0.3, -0.25) is 0 Å². The molecule has 1 aliphatic heterocycles. The topological polar surface area (TPSA) is 96.8 Å². The number of benzene rings is 2. The lowest BCUT2D eigenvalue weighted by molar-refractivity contribution is -0.111. The Kier molecular flexibility index (Phi) is 8.50. The van der Waals surface area contributed by atoms with Gasteiger partial charge in [0.05, 0.1) is 19.8 Å². The number of ether oxygens (including phenoxy) is 3. The molecule has 2 atom stereocenters. The Balaban J connectivity index is 1.96. The number of amides is 1. The van der Waals surface area contributed by atoms with Crippen LogP contribution < -0.4 is 0 Å². The molecule has 0 N–H and O–H groups in total. The van der Waals surface area contributed by atoms with Crippen LogP contribution >= 0.6 is 0 Å². The van der Waals surface area contributed by atoms with E-state index in [-0.39, 0.29) is 32.1 Å². The summed E-state index contributed by atoms with van der Waals surface area (Å²) in [5.74, 6) is -0.383. The minimum atomic E-state index is -0.703. The van der Waals surface area contributed by atoms with Crippen LogP contribution in [0, 0.1) is 12.7 Å². The molecule has 9 heteroatoms. The summed E-state index contributed by atoms with van der Waals surface area (Å²) >= 11 is 0. The SMILES string of the molecule is Cc1cccc(-c2c(F)cccc2C(OCCN=[N+]=[N-])C2CN(C(=O)OC(C)(C)C)CCO2)c1. The van der Waals surface area contributed by atoms with Gasteiger partial charge in [-0.05, 0) is 50.4 Å². The Morgan fingerprint density at radius 3 is 2.79 bits per heavy atom. The number of aryl methyl sites for hydroxylation is 1. The number of carbonyl (C=O) groups is 1. The van der Waals surface area contributed by atoms with Gasteiger partial charge in [0.2, 0.25) is 0 Å². The highest BCUT2D eigenvalue weighted by Gasteiger charge is 2.35. The highest BCUT2D eigenvalue weighted by Crippen LogP contribution is 2.36. The van der Waals surface area contributed by atoms with E-state index in [0.29, 0.717) is 17.7 Å². The van der Waals surface area contributed by atoms with Crippen molar-refractivity contribution in [1.82, 2.24) is 4.90 Å². The van der Waals surface area contributed by atoms with E-state index in [2.05, 4.69) is 10.0 Å². The molecule has 0 radical (unpaired) electrons. The molecule has 0 spiro atoms. The number of carbonyl (C=O) groups excluding carboxylic acids is 1. The van der Waals surface area contributed by atoms with E-state index in [9.17, 15) is 4.79 Å². The highest BCUT2D eigenvalue weighted by atomic mass is 19.1. The van der Waals surface area contributed by atoms with Crippen LogP contribution in [0.5, 0.6) is 0 Å². The first kappa shape index (κ1) is 25.5. The predicted octanol–water partition coefficient (Wildman–Crippen LogP) is 5.81. The number of hydrogen-bond acceptors (Lipinski definition) is 5. The van der Waals surface area contributed by atoms with Crippen LogP contribution in [0.4, 0.5) is 9.18 Å². The van der Waals surface area contributed by atoms with Crippen LogP contribution in [-0.4, -0.2) is 55.5 Å². The molecule has 2 aromatic rings. The van der Waals surface area contributed by atoms with Crippen LogP contribution in [0.1, 0.15) is 38.0 Å². The molecule has 1 saturated heterocycles. The Hall–Kier alpha value is -3.13. The van der Waals surface area contributed by atoms with Gasteiger partial charge in [-0.25, -0.2) is 9.18 Å². The summed E-state index contributed by atoms with van der Waals surface area (Å²) in [5.41, 5.74) is 10.7. The second-order valence-electron chi connectivity index (χ2n) is 9.16. The quantitative estimate of drug-likeness (QED) is 0.221. The molecule has 0 aliphatic carbocycles. The van der Waals surface area contributed by atoms with Gasteiger partial charge in [0.1, 0.15) is 23.6 Å². The van der Waals surface area contributed by atoms with Gasteiger partial charge in [-0.15, -0.1) is 0 Å². The number of azide groups is 1. The van der Waals surface area contributed by atoms with Crippen molar-refractivity contribution in [2.75, 3.05) is 32.8 Å². The van der Waals surface area contributed by atoms with Crippen molar-refractivity contribution in [2.45, 2.75) is 45.5 Å². The molecular formula is C25H31FN4O4. The van der Waals surface area contributed by atoms with E-state index < -0.39 is 23.9 Å². The van der Waals surface area contributed by atoms with Crippen LogP contribution in [-0.2, 0) is 14.2 Å². The first-order chi connectivity index (χ1) is 16.2. The molecule has 0 aromatic heterocycles. The standard InChI is InChI=1S/C25H31FN4O4/c1-17-7-5-8-18(15-17)22-19(9-6-10-20(22)26)23(33-13-11-28-29-27)21-16-30(12-14-32-21)24(31)34-25(2,3)4/h5-10,15,21,23H,11-14,16H2,1-4H3. The van der Waals surface area contributed by atoms with Crippen molar-refractivity contribution in [2.24, 2.45) is 5.11 Å². The number of rotatable bonds is 7. The number of halogens is 1. The minimum Gasteiger partial charge on any atom is -0.444 e. The largest absolute Gasteiger partial charge is 0.444 e. The third-order valence-corrected chi connectivity index (χ3v) is 5.29. The van der Waals surface area contributed by atoms with Gasteiger partial charge in [-0.1, -0.05) is 47.1 Å². The lowest BCUT2D eigenvalue weighted by Crippen LogP contribution is -2.49.